The summed E-state index contributed by atoms with van der Waals surface area (Å²) < 4.78 is 0. The van der Waals surface area contributed by atoms with Gasteiger partial charge in [0.1, 0.15) is 5.82 Å². The molecule has 2 N–H and O–H groups in total. The van der Waals surface area contributed by atoms with E-state index in [9.17, 15) is 0 Å². The van der Waals surface area contributed by atoms with E-state index in [1.54, 1.807) is 0 Å². The Kier molecular flexibility index (Phi) is 5.26. The molecule has 0 amide bonds. The van der Waals surface area contributed by atoms with E-state index in [4.69, 9.17) is 5.73 Å². The first-order valence-electron chi connectivity index (χ1n) is 6.15. The highest BCUT2D eigenvalue weighted by Crippen LogP contribution is 2.15. The second kappa shape index (κ2) is 6.48. The summed E-state index contributed by atoms with van der Waals surface area (Å²) in [6.45, 7) is 8.44. The van der Waals surface area contributed by atoms with Gasteiger partial charge in [0.05, 0.1) is 0 Å². The average Bonchev–Trinajstić information content (AvgIpc) is 2.30. The predicted molar refractivity (Wildman–Crippen MR) is 69.6 cm³/mol. The summed E-state index contributed by atoms with van der Waals surface area (Å²) >= 11 is 0. The van der Waals surface area contributed by atoms with Crippen molar-refractivity contribution in [3.05, 3.63) is 23.9 Å². The summed E-state index contributed by atoms with van der Waals surface area (Å²) in [5, 5.41) is 0. The summed E-state index contributed by atoms with van der Waals surface area (Å²) in [6, 6.07) is 4.20. The fourth-order valence-corrected chi connectivity index (χ4v) is 1.64. The molecular formula is C13H23N3. The summed E-state index contributed by atoms with van der Waals surface area (Å²) in [4.78, 5) is 6.77. The maximum absolute atomic E-state index is 5.80. The van der Waals surface area contributed by atoms with Gasteiger partial charge in [0, 0.05) is 25.3 Å². The van der Waals surface area contributed by atoms with Crippen molar-refractivity contribution in [3.63, 3.8) is 0 Å². The molecule has 1 aromatic heterocycles. The van der Waals surface area contributed by atoms with Gasteiger partial charge in [-0.05, 0) is 31.9 Å². The molecule has 0 bridgehead atoms. The smallest absolute Gasteiger partial charge is 0.128 e. The van der Waals surface area contributed by atoms with Crippen molar-refractivity contribution in [2.75, 3.05) is 18.0 Å². The van der Waals surface area contributed by atoms with Crippen LogP contribution in [0.2, 0.25) is 0 Å². The molecule has 1 unspecified atom stereocenters. The molecule has 0 saturated carbocycles. The van der Waals surface area contributed by atoms with Crippen molar-refractivity contribution in [3.8, 4) is 0 Å². The van der Waals surface area contributed by atoms with Gasteiger partial charge in [-0.3, -0.25) is 0 Å². The normalized spacial score (nSPS) is 12.5. The second-order valence-electron chi connectivity index (χ2n) is 4.17. The molecule has 0 aromatic carbocycles. The van der Waals surface area contributed by atoms with Crippen LogP contribution in [0.3, 0.4) is 0 Å². The van der Waals surface area contributed by atoms with Crippen molar-refractivity contribution < 1.29 is 0 Å². The maximum atomic E-state index is 5.80. The van der Waals surface area contributed by atoms with E-state index in [2.05, 4.69) is 35.9 Å². The number of nitrogens with two attached hydrogens (primary N) is 1. The molecule has 0 radical (unpaired) electrons. The Morgan fingerprint density at radius 2 is 2.12 bits per heavy atom. The number of pyridine rings is 1. The van der Waals surface area contributed by atoms with Crippen molar-refractivity contribution in [2.24, 2.45) is 5.73 Å². The number of unbranched alkanes of at least 4 members (excludes halogenated alkanes) is 1. The molecule has 16 heavy (non-hydrogen) atoms. The van der Waals surface area contributed by atoms with E-state index in [1.165, 1.54) is 12.8 Å². The molecule has 0 aliphatic carbocycles. The molecule has 0 fully saturated rings. The van der Waals surface area contributed by atoms with Crippen LogP contribution in [0.25, 0.3) is 0 Å². The van der Waals surface area contributed by atoms with E-state index in [1.807, 2.05) is 13.1 Å². The van der Waals surface area contributed by atoms with Crippen LogP contribution in [0.5, 0.6) is 0 Å². The zero-order valence-electron chi connectivity index (χ0n) is 10.6. The molecule has 1 atom stereocenters. The highest BCUT2D eigenvalue weighted by Gasteiger charge is 2.06. The molecule has 1 aromatic rings. The molecule has 0 aliphatic heterocycles. The van der Waals surface area contributed by atoms with Gasteiger partial charge in [-0.25, -0.2) is 4.98 Å². The third-order valence-electron chi connectivity index (χ3n) is 2.78. The fourth-order valence-electron chi connectivity index (χ4n) is 1.64. The van der Waals surface area contributed by atoms with Crippen molar-refractivity contribution >= 4 is 5.82 Å². The number of aromatic nitrogens is 1. The third kappa shape index (κ3) is 3.49. The van der Waals surface area contributed by atoms with Crippen LogP contribution in [0.1, 0.15) is 45.2 Å². The number of anilines is 1. The van der Waals surface area contributed by atoms with Crippen LogP contribution in [-0.2, 0) is 0 Å². The molecule has 1 rings (SSSR count). The first kappa shape index (κ1) is 13.0. The number of nitrogens with zero attached hydrogens (tertiary/aromatic N) is 2. The molecule has 0 saturated heterocycles. The van der Waals surface area contributed by atoms with Gasteiger partial charge in [-0.1, -0.05) is 19.4 Å². The van der Waals surface area contributed by atoms with Gasteiger partial charge < -0.3 is 10.6 Å². The molecule has 0 spiro atoms. The average molecular weight is 221 g/mol. The summed E-state index contributed by atoms with van der Waals surface area (Å²) in [5.74, 6) is 1.06. The Morgan fingerprint density at radius 3 is 2.56 bits per heavy atom. The molecule has 3 nitrogen and oxygen atoms in total. The Labute approximate surface area is 98.7 Å². The quantitative estimate of drug-likeness (QED) is 0.803. The van der Waals surface area contributed by atoms with Gasteiger partial charge in [-0.15, -0.1) is 0 Å². The molecule has 1 heterocycles. The summed E-state index contributed by atoms with van der Waals surface area (Å²) in [5.41, 5.74) is 6.89. The van der Waals surface area contributed by atoms with Gasteiger partial charge in [0.15, 0.2) is 0 Å². The van der Waals surface area contributed by atoms with Crippen LogP contribution >= 0.6 is 0 Å². The molecule has 0 aliphatic rings. The van der Waals surface area contributed by atoms with E-state index in [-0.39, 0.29) is 6.04 Å². The molecule has 90 valence electrons. The maximum Gasteiger partial charge on any atom is 0.128 e. The first-order valence-corrected chi connectivity index (χ1v) is 6.15. The third-order valence-corrected chi connectivity index (χ3v) is 2.78. The first-order chi connectivity index (χ1) is 7.69. The zero-order chi connectivity index (χ0) is 12.0. The minimum atomic E-state index is 0.0623. The molecular weight excluding hydrogens is 198 g/mol. The van der Waals surface area contributed by atoms with E-state index >= 15 is 0 Å². The summed E-state index contributed by atoms with van der Waals surface area (Å²) in [6.07, 6.45) is 4.31. The standard InChI is InChI=1S/C13H23N3/c1-4-6-9-16(5-2)13-8-7-12(10-15-13)11(3)14/h7-8,10-11H,4-6,9,14H2,1-3H3. The number of hydrogen-bond acceptors (Lipinski definition) is 3. The van der Waals surface area contributed by atoms with E-state index in [0.29, 0.717) is 0 Å². The van der Waals surface area contributed by atoms with Crippen molar-refractivity contribution in [1.29, 1.82) is 0 Å². The lowest BCUT2D eigenvalue weighted by Gasteiger charge is -2.22. The van der Waals surface area contributed by atoms with Gasteiger partial charge in [0.25, 0.3) is 0 Å². The lowest BCUT2D eigenvalue weighted by Crippen LogP contribution is -2.24. The lowest BCUT2D eigenvalue weighted by molar-refractivity contribution is 0.722. The number of hydrogen-bond donors (Lipinski definition) is 1. The minimum Gasteiger partial charge on any atom is -0.357 e. The van der Waals surface area contributed by atoms with Gasteiger partial charge >= 0.3 is 0 Å². The minimum absolute atomic E-state index is 0.0623. The van der Waals surface area contributed by atoms with Crippen LogP contribution < -0.4 is 10.6 Å². The lowest BCUT2D eigenvalue weighted by atomic mass is 10.1. The van der Waals surface area contributed by atoms with E-state index < -0.39 is 0 Å². The van der Waals surface area contributed by atoms with Gasteiger partial charge in [-0.2, -0.15) is 0 Å². The highest BCUT2D eigenvalue weighted by atomic mass is 15.2. The monoisotopic (exact) mass is 221 g/mol. The molecule has 3 heteroatoms. The van der Waals surface area contributed by atoms with Crippen molar-refractivity contribution in [2.45, 2.75) is 39.7 Å². The van der Waals surface area contributed by atoms with Crippen LogP contribution in [0.15, 0.2) is 18.3 Å². The van der Waals surface area contributed by atoms with E-state index in [0.717, 1.165) is 24.5 Å². The SMILES string of the molecule is CCCCN(CC)c1ccc(C(C)N)cn1. The van der Waals surface area contributed by atoms with Crippen LogP contribution in [0, 0.1) is 0 Å². The summed E-state index contributed by atoms with van der Waals surface area (Å²) in [7, 11) is 0. The predicted octanol–water partition coefficient (Wildman–Crippen LogP) is 2.73. The zero-order valence-corrected chi connectivity index (χ0v) is 10.6. The largest absolute Gasteiger partial charge is 0.357 e. The Bertz CT molecular complexity index is 293. The van der Waals surface area contributed by atoms with Crippen LogP contribution in [-0.4, -0.2) is 18.1 Å². The number of rotatable bonds is 6. The fraction of sp³-hybridized carbons (Fsp3) is 0.615. The highest BCUT2D eigenvalue weighted by molar-refractivity contribution is 5.39. The Morgan fingerprint density at radius 1 is 1.38 bits per heavy atom. The second-order valence-corrected chi connectivity index (χ2v) is 4.17. The topological polar surface area (TPSA) is 42.1 Å². The Hall–Kier alpha value is -1.09. The Balaban J connectivity index is 2.70. The van der Waals surface area contributed by atoms with Crippen LogP contribution in [0.4, 0.5) is 5.82 Å². The van der Waals surface area contributed by atoms with Crippen molar-refractivity contribution in [1.82, 2.24) is 4.98 Å². The van der Waals surface area contributed by atoms with Gasteiger partial charge in [0.2, 0.25) is 0 Å².